The summed E-state index contributed by atoms with van der Waals surface area (Å²) in [5.41, 5.74) is 0. The fraction of sp³-hybridized carbons (Fsp3) is 0.833. The number of ether oxygens (including phenoxy) is 2. The lowest BCUT2D eigenvalue weighted by atomic mass is 10.1. The zero-order valence-electron chi connectivity index (χ0n) is 10.8. The molecule has 2 aliphatic rings. The number of carbonyl (C=O) groups is 2. The van der Waals surface area contributed by atoms with Gasteiger partial charge in [0.05, 0.1) is 13.2 Å². The fourth-order valence-electron chi connectivity index (χ4n) is 2.29. The highest BCUT2D eigenvalue weighted by molar-refractivity contribution is 5.77. The van der Waals surface area contributed by atoms with Crippen LogP contribution in [0.1, 0.15) is 12.8 Å². The largest absolute Gasteiger partial charge is 0.479 e. The number of urea groups is 1. The maximum atomic E-state index is 11.9. The highest BCUT2D eigenvalue weighted by Crippen LogP contribution is 2.15. The van der Waals surface area contributed by atoms with Crippen molar-refractivity contribution in [1.82, 2.24) is 10.2 Å². The van der Waals surface area contributed by atoms with Gasteiger partial charge in [-0.3, -0.25) is 0 Å². The Hall–Kier alpha value is -1.34. The molecule has 19 heavy (non-hydrogen) atoms. The van der Waals surface area contributed by atoms with E-state index in [-0.39, 0.29) is 19.2 Å². The minimum absolute atomic E-state index is 0.105. The molecule has 0 radical (unpaired) electrons. The third kappa shape index (κ3) is 4.07. The van der Waals surface area contributed by atoms with Gasteiger partial charge >= 0.3 is 12.0 Å². The highest BCUT2D eigenvalue weighted by atomic mass is 16.5. The molecule has 0 aromatic rings. The molecular formula is C12H20N2O5. The molecule has 0 spiro atoms. The molecule has 2 heterocycles. The molecule has 0 aromatic heterocycles. The smallest absolute Gasteiger partial charge is 0.334 e. The molecule has 7 nitrogen and oxygen atoms in total. The molecule has 108 valence electrons. The van der Waals surface area contributed by atoms with Crippen LogP contribution in [-0.4, -0.2) is 67.6 Å². The van der Waals surface area contributed by atoms with Crippen molar-refractivity contribution in [2.75, 3.05) is 39.5 Å². The molecule has 2 rings (SSSR count). The molecule has 0 saturated carbocycles. The SMILES string of the molecule is O=C(O)C1CN(C(=O)NCCC2CCOC2)CCO1. The van der Waals surface area contributed by atoms with E-state index < -0.39 is 12.1 Å². The topological polar surface area (TPSA) is 88.1 Å². The van der Waals surface area contributed by atoms with Gasteiger partial charge in [-0.05, 0) is 18.8 Å². The summed E-state index contributed by atoms with van der Waals surface area (Å²) in [5.74, 6) is -0.502. The number of nitrogens with zero attached hydrogens (tertiary/aromatic N) is 1. The minimum atomic E-state index is -1.03. The Morgan fingerprint density at radius 1 is 1.37 bits per heavy atom. The molecule has 2 unspecified atom stereocenters. The highest BCUT2D eigenvalue weighted by Gasteiger charge is 2.28. The molecule has 2 aliphatic heterocycles. The van der Waals surface area contributed by atoms with Gasteiger partial charge in [0.25, 0.3) is 0 Å². The van der Waals surface area contributed by atoms with Gasteiger partial charge in [0.15, 0.2) is 6.10 Å². The molecule has 2 saturated heterocycles. The summed E-state index contributed by atoms with van der Waals surface area (Å²) < 4.78 is 10.3. The molecule has 2 N–H and O–H groups in total. The lowest BCUT2D eigenvalue weighted by molar-refractivity contribution is -0.154. The Labute approximate surface area is 111 Å². The van der Waals surface area contributed by atoms with Crippen molar-refractivity contribution in [2.45, 2.75) is 18.9 Å². The van der Waals surface area contributed by atoms with Crippen LogP contribution in [0.5, 0.6) is 0 Å². The van der Waals surface area contributed by atoms with Gasteiger partial charge < -0.3 is 24.8 Å². The molecule has 7 heteroatoms. The van der Waals surface area contributed by atoms with E-state index in [4.69, 9.17) is 14.6 Å². The van der Waals surface area contributed by atoms with E-state index in [1.807, 2.05) is 0 Å². The predicted octanol–water partition coefficient (Wildman–Crippen LogP) is -0.0920. The summed E-state index contributed by atoms with van der Waals surface area (Å²) in [6.07, 6.45) is 1.04. The van der Waals surface area contributed by atoms with E-state index in [1.54, 1.807) is 0 Å². The van der Waals surface area contributed by atoms with Crippen LogP contribution in [0.25, 0.3) is 0 Å². The van der Waals surface area contributed by atoms with Crippen molar-refractivity contribution in [1.29, 1.82) is 0 Å². The lowest BCUT2D eigenvalue weighted by Gasteiger charge is -2.30. The summed E-state index contributed by atoms with van der Waals surface area (Å²) in [7, 11) is 0. The number of morpholine rings is 1. The summed E-state index contributed by atoms with van der Waals surface area (Å²) >= 11 is 0. The Morgan fingerprint density at radius 3 is 2.89 bits per heavy atom. The summed E-state index contributed by atoms with van der Waals surface area (Å²) in [6.45, 7) is 2.98. The van der Waals surface area contributed by atoms with Crippen LogP contribution in [0.4, 0.5) is 4.79 Å². The van der Waals surface area contributed by atoms with Gasteiger partial charge in [0.1, 0.15) is 0 Å². The van der Waals surface area contributed by atoms with E-state index in [9.17, 15) is 9.59 Å². The van der Waals surface area contributed by atoms with E-state index in [0.29, 0.717) is 19.0 Å². The second-order valence-corrected chi connectivity index (χ2v) is 4.89. The van der Waals surface area contributed by atoms with E-state index >= 15 is 0 Å². The standard InChI is InChI=1S/C12H20N2O5/c15-11(16)10-7-14(4-6-19-10)12(17)13-3-1-9-2-5-18-8-9/h9-10H,1-8H2,(H,13,17)(H,15,16). The van der Waals surface area contributed by atoms with Crippen molar-refractivity contribution in [3.05, 3.63) is 0 Å². The Balaban J connectivity index is 1.68. The number of hydrogen-bond donors (Lipinski definition) is 2. The van der Waals surface area contributed by atoms with Crippen LogP contribution in [0, 0.1) is 5.92 Å². The number of nitrogens with one attached hydrogen (secondary N) is 1. The molecule has 0 aliphatic carbocycles. The summed E-state index contributed by atoms with van der Waals surface area (Å²) in [6, 6.07) is -0.214. The van der Waals surface area contributed by atoms with Gasteiger partial charge in [0, 0.05) is 26.3 Å². The van der Waals surface area contributed by atoms with Crippen LogP contribution in [0.15, 0.2) is 0 Å². The molecule has 2 fully saturated rings. The first-order chi connectivity index (χ1) is 9.16. The average Bonchev–Trinajstić information content (AvgIpc) is 2.92. The Kier molecular flexibility index (Phi) is 4.98. The lowest BCUT2D eigenvalue weighted by Crippen LogP contribution is -2.51. The summed E-state index contributed by atoms with van der Waals surface area (Å²) in [5, 5.41) is 11.7. The molecule has 0 aromatic carbocycles. The van der Waals surface area contributed by atoms with Crippen LogP contribution in [0.2, 0.25) is 0 Å². The van der Waals surface area contributed by atoms with Gasteiger partial charge in [-0.1, -0.05) is 0 Å². The van der Waals surface area contributed by atoms with Crippen molar-refractivity contribution in [3.8, 4) is 0 Å². The Morgan fingerprint density at radius 2 is 2.21 bits per heavy atom. The van der Waals surface area contributed by atoms with E-state index in [0.717, 1.165) is 26.1 Å². The number of carboxylic acid groups (broad SMARTS) is 1. The monoisotopic (exact) mass is 272 g/mol. The average molecular weight is 272 g/mol. The van der Waals surface area contributed by atoms with Gasteiger partial charge in [-0.15, -0.1) is 0 Å². The minimum Gasteiger partial charge on any atom is -0.479 e. The van der Waals surface area contributed by atoms with E-state index in [2.05, 4.69) is 5.32 Å². The number of amides is 2. The van der Waals surface area contributed by atoms with E-state index in [1.165, 1.54) is 4.90 Å². The number of aliphatic carboxylic acids is 1. The molecule has 2 amide bonds. The molecule has 2 atom stereocenters. The fourth-order valence-corrected chi connectivity index (χ4v) is 2.29. The second kappa shape index (κ2) is 6.72. The first-order valence-corrected chi connectivity index (χ1v) is 6.61. The van der Waals surface area contributed by atoms with Crippen LogP contribution < -0.4 is 5.32 Å². The van der Waals surface area contributed by atoms with Gasteiger partial charge in [-0.2, -0.15) is 0 Å². The number of hydrogen-bond acceptors (Lipinski definition) is 4. The van der Waals surface area contributed by atoms with Crippen molar-refractivity contribution >= 4 is 12.0 Å². The third-order valence-electron chi connectivity index (χ3n) is 3.48. The first kappa shape index (κ1) is 14.1. The predicted molar refractivity (Wildman–Crippen MR) is 65.9 cm³/mol. The third-order valence-corrected chi connectivity index (χ3v) is 3.48. The second-order valence-electron chi connectivity index (χ2n) is 4.89. The molecular weight excluding hydrogens is 252 g/mol. The first-order valence-electron chi connectivity index (χ1n) is 6.61. The van der Waals surface area contributed by atoms with Crippen molar-refractivity contribution in [2.24, 2.45) is 5.92 Å². The van der Waals surface area contributed by atoms with Crippen molar-refractivity contribution < 1.29 is 24.2 Å². The normalized spacial score (nSPS) is 27.3. The zero-order valence-corrected chi connectivity index (χ0v) is 10.8. The zero-order chi connectivity index (χ0) is 13.7. The van der Waals surface area contributed by atoms with Crippen molar-refractivity contribution in [3.63, 3.8) is 0 Å². The van der Waals surface area contributed by atoms with Gasteiger partial charge in [0.2, 0.25) is 0 Å². The number of carboxylic acids is 1. The van der Waals surface area contributed by atoms with Gasteiger partial charge in [-0.25, -0.2) is 9.59 Å². The summed E-state index contributed by atoms with van der Waals surface area (Å²) in [4.78, 5) is 24.2. The molecule has 0 bridgehead atoms. The van der Waals surface area contributed by atoms with Crippen LogP contribution in [-0.2, 0) is 14.3 Å². The van der Waals surface area contributed by atoms with Crippen LogP contribution in [0.3, 0.4) is 0 Å². The van der Waals surface area contributed by atoms with Crippen LogP contribution >= 0.6 is 0 Å². The number of carbonyl (C=O) groups excluding carboxylic acids is 1. The maximum Gasteiger partial charge on any atom is 0.334 e. The Bertz CT molecular complexity index is 330. The maximum absolute atomic E-state index is 11.9. The number of rotatable bonds is 4. The quantitative estimate of drug-likeness (QED) is 0.746.